The van der Waals surface area contributed by atoms with Crippen LogP contribution in [0.5, 0.6) is 0 Å². The predicted octanol–water partition coefficient (Wildman–Crippen LogP) is -0.0318. The lowest BCUT2D eigenvalue weighted by Gasteiger charge is -2.38. The van der Waals surface area contributed by atoms with E-state index in [9.17, 15) is 14.6 Å². The second-order valence-electron chi connectivity index (χ2n) is 5.01. The molecule has 3 aliphatic rings. The Morgan fingerprint density at radius 2 is 2.28 bits per heavy atom. The molecule has 2 N–H and O–H groups in total. The van der Waals surface area contributed by atoms with Gasteiger partial charge in [-0.25, -0.2) is 4.39 Å². The molecule has 18 heavy (non-hydrogen) atoms. The van der Waals surface area contributed by atoms with E-state index in [1.54, 1.807) is 0 Å². The Morgan fingerprint density at radius 3 is 2.83 bits per heavy atom. The van der Waals surface area contributed by atoms with Gasteiger partial charge >= 0.3 is 0 Å². The molecule has 3 rings (SSSR count). The second-order valence-corrected chi connectivity index (χ2v) is 6.07. The van der Waals surface area contributed by atoms with Crippen molar-refractivity contribution in [2.75, 3.05) is 13.1 Å². The zero-order chi connectivity index (χ0) is 12.9. The molecule has 0 aromatic carbocycles. The zero-order valence-corrected chi connectivity index (χ0v) is 10.9. The van der Waals surface area contributed by atoms with E-state index in [1.807, 2.05) is 0 Å². The van der Waals surface area contributed by atoms with E-state index in [0.717, 1.165) is 24.7 Å². The van der Waals surface area contributed by atoms with E-state index in [-0.39, 0.29) is 0 Å². The summed E-state index contributed by atoms with van der Waals surface area (Å²) >= 11 is 1.40. The number of halogens is 1. The molecule has 0 saturated carbocycles. The number of aliphatic hydroxyl groups excluding tert-OH is 2. The molecule has 2 fully saturated rings. The molecule has 0 bridgehead atoms. The summed E-state index contributed by atoms with van der Waals surface area (Å²) in [5.74, 6) is 0. The van der Waals surface area contributed by atoms with Gasteiger partial charge in [0.25, 0.3) is 0 Å². The average Bonchev–Trinajstić information content (AvgIpc) is 2.64. The van der Waals surface area contributed by atoms with Gasteiger partial charge in [-0.3, -0.25) is 4.99 Å². The van der Waals surface area contributed by atoms with Crippen molar-refractivity contribution in [1.82, 2.24) is 4.90 Å². The van der Waals surface area contributed by atoms with Gasteiger partial charge in [0.2, 0.25) is 0 Å². The monoisotopic (exact) mass is 276 g/mol. The first-order chi connectivity index (χ1) is 8.58. The number of aliphatic hydroxyl groups is 2. The van der Waals surface area contributed by atoms with Crippen molar-refractivity contribution >= 4 is 16.9 Å². The molecule has 102 valence electrons. The average molecular weight is 276 g/mol. The lowest BCUT2D eigenvalue weighted by molar-refractivity contribution is -0.165. The van der Waals surface area contributed by atoms with Gasteiger partial charge in [0, 0.05) is 13.1 Å². The number of thioether (sulfide) groups is 1. The molecule has 3 aliphatic heterocycles. The fraction of sp³-hybridized carbons (Fsp3) is 0.909. The van der Waals surface area contributed by atoms with Crippen molar-refractivity contribution in [3.8, 4) is 0 Å². The number of hydrogen-bond acceptors (Lipinski definition) is 6. The van der Waals surface area contributed by atoms with Crippen molar-refractivity contribution in [2.24, 2.45) is 4.99 Å². The van der Waals surface area contributed by atoms with Gasteiger partial charge in [-0.05, 0) is 13.3 Å². The Bertz CT molecular complexity index is 364. The Balaban J connectivity index is 1.75. The van der Waals surface area contributed by atoms with Crippen molar-refractivity contribution in [1.29, 1.82) is 0 Å². The van der Waals surface area contributed by atoms with Crippen LogP contribution >= 0.6 is 11.8 Å². The van der Waals surface area contributed by atoms with Gasteiger partial charge in [-0.1, -0.05) is 11.8 Å². The Kier molecular flexibility index (Phi) is 3.25. The number of alkyl halides is 1. The summed E-state index contributed by atoms with van der Waals surface area (Å²) in [6, 6.07) is -0.657. The first-order valence-corrected chi connectivity index (χ1v) is 7.11. The summed E-state index contributed by atoms with van der Waals surface area (Å²) in [5, 5.41) is 20.1. The van der Waals surface area contributed by atoms with Crippen LogP contribution in [0.15, 0.2) is 4.99 Å². The maximum absolute atomic E-state index is 14.1. The minimum absolute atomic E-state index is 0.432. The van der Waals surface area contributed by atoms with E-state index in [4.69, 9.17) is 4.74 Å². The molecule has 0 radical (unpaired) electrons. The fourth-order valence-electron chi connectivity index (χ4n) is 2.40. The van der Waals surface area contributed by atoms with Crippen LogP contribution < -0.4 is 0 Å². The quantitative estimate of drug-likeness (QED) is 0.704. The molecule has 2 saturated heterocycles. The topological polar surface area (TPSA) is 65.3 Å². The highest BCUT2D eigenvalue weighted by Gasteiger charge is 2.51. The number of nitrogens with zero attached hydrogens (tertiary/aromatic N) is 2. The molecular weight excluding hydrogens is 259 g/mol. The van der Waals surface area contributed by atoms with E-state index in [1.165, 1.54) is 18.7 Å². The molecule has 5 nitrogen and oxygen atoms in total. The van der Waals surface area contributed by atoms with Crippen LogP contribution in [0.2, 0.25) is 0 Å². The van der Waals surface area contributed by atoms with Crippen molar-refractivity contribution in [3.05, 3.63) is 0 Å². The number of ether oxygens (including phenoxy) is 1. The minimum Gasteiger partial charge on any atom is -0.391 e. The lowest BCUT2D eigenvalue weighted by atomic mass is 9.97. The standard InChI is InChI=1S/C11H17FN2O3S/c1-5(15)9-8(16)6(12)7-10(17-9)18-11(13-7)14-3-2-4-14/h5-10,15-16H,2-4H2,1H3/t5-,6-,7+,8-,9+,10+/m0/s1. The van der Waals surface area contributed by atoms with Gasteiger partial charge in [0.05, 0.1) is 6.10 Å². The number of likely N-dealkylation sites (tertiary alicyclic amines) is 1. The molecule has 6 atom stereocenters. The van der Waals surface area contributed by atoms with Crippen LogP contribution in [0, 0.1) is 0 Å². The van der Waals surface area contributed by atoms with Gasteiger partial charge in [-0.15, -0.1) is 0 Å². The van der Waals surface area contributed by atoms with Crippen molar-refractivity contribution in [3.63, 3.8) is 0 Å². The maximum Gasteiger partial charge on any atom is 0.162 e. The molecule has 3 heterocycles. The predicted molar refractivity (Wildman–Crippen MR) is 66.2 cm³/mol. The number of aliphatic imine (C=N–C) groups is 1. The summed E-state index contributed by atoms with van der Waals surface area (Å²) in [6.07, 6.45) is -3.43. The molecule has 0 unspecified atom stereocenters. The lowest BCUT2D eigenvalue weighted by Crippen LogP contribution is -2.56. The first-order valence-electron chi connectivity index (χ1n) is 6.23. The van der Waals surface area contributed by atoms with Crippen LogP contribution in [-0.4, -0.2) is 69.3 Å². The smallest absolute Gasteiger partial charge is 0.162 e. The highest BCUT2D eigenvalue weighted by molar-refractivity contribution is 8.14. The highest BCUT2D eigenvalue weighted by Crippen LogP contribution is 2.40. The molecular formula is C11H17FN2O3S. The van der Waals surface area contributed by atoms with Crippen LogP contribution in [0.4, 0.5) is 4.39 Å². The molecule has 0 spiro atoms. The normalized spacial score (nSPS) is 45.2. The Hall–Kier alpha value is -0.370. The van der Waals surface area contributed by atoms with Gasteiger partial charge in [-0.2, -0.15) is 0 Å². The molecule has 7 heteroatoms. The van der Waals surface area contributed by atoms with E-state index in [0.29, 0.717) is 0 Å². The summed E-state index contributed by atoms with van der Waals surface area (Å²) < 4.78 is 19.7. The summed E-state index contributed by atoms with van der Waals surface area (Å²) in [5.41, 5.74) is -0.432. The van der Waals surface area contributed by atoms with Crippen LogP contribution in [0.25, 0.3) is 0 Å². The van der Waals surface area contributed by atoms with Crippen molar-refractivity contribution < 1.29 is 19.3 Å². The number of rotatable bonds is 1. The Morgan fingerprint density at radius 1 is 1.56 bits per heavy atom. The summed E-state index contributed by atoms with van der Waals surface area (Å²) in [4.78, 5) is 6.41. The highest BCUT2D eigenvalue weighted by atomic mass is 32.2. The van der Waals surface area contributed by atoms with Gasteiger partial charge < -0.3 is 19.8 Å². The van der Waals surface area contributed by atoms with Gasteiger partial charge in [0.1, 0.15) is 23.7 Å². The van der Waals surface area contributed by atoms with Crippen LogP contribution in [0.1, 0.15) is 13.3 Å². The zero-order valence-electron chi connectivity index (χ0n) is 10.1. The third-order valence-electron chi connectivity index (χ3n) is 3.64. The first kappa shape index (κ1) is 12.7. The number of amidine groups is 1. The van der Waals surface area contributed by atoms with E-state index in [2.05, 4.69) is 9.89 Å². The molecule has 0 aromatic heterocycles. The minimum atomic E-state index is -1.48. The number of hydrogen-bond donors (Lipinski definition) is 2. The summed E-state index contributed by atoms with van der Waals surface area (Å²) in [7, 11) is 0. The largest absolute Gasteiger partial charge is 0.391 e. The van der Waals surface area contributed by atoms with Crippen LogP contribution in [-0.2, 0) is 4.74 Å². The van der Waals surface area contributed by atoms with E-state index >= 15 is 0 Å². The molecule has 0 amide bonds. The Labute approximate surface area is 109 Å². The molecule has 0 aliphatic carbocycles. The van der Waals surface area contributed by atoms with Gasteiger partial charge in [0.15, 0.2) is 11.3 Å². The fourth-order valence-corrected chi connectivity index (χ4v) is 3.66. The van der Waals surface area contributed by atoms with Crippen molar-refractivity contribution in [2.45, 2.75) is 49.3 Å². The second kappa shape index (κ2) is 4.63. The summed E-state index contributed by atoms with van der Waals surface area (Å²) in [6.45, 7) is 3.40. The molecule has 0 aromatic rings. The van der Waals surface area contributed by atoms with Crippen LogP contribution in [0.3, 0.4) is 0 Å². The number of fused-ring (bicyclic) bond motifs is 1. The third kappa shape index (κ3) is 1.93. The maximum atomic E-state index is 14.1. The third-order valence-corrected chi connectivity index (χ3v) is 4.84. The SMILES string of the molecule is C[C@H](O)[C@H]1O[C@@H]2SC(N3CCC3)=N[C@@H]2[C@H](F)[C@@H]1O. The van der Waals surface area contributed by atoms with E-state index < -0.39 is 36.0 Å².